The van der Waals surface area contributed by atoms with E-state index in [-0.39, 0.29) is 0 Å². The zero-order valence-corrected chi connectivity index (χ0v) is 13.3. The van der Waals surface area contributed by atoms with Crippen LogP contribution in [0.3, 0.4) is 0 Å². The minimum atomic E-state index is 0.599. The van der Waals surface area contributed by atoms with E-state index in [9.17, 15) is 0 Å². The van der Waals surface area contributed by atoms with E-state index in [1.54, 1.807) is 7.11 Å². The number of benzene rings is 1. The molecule has 1 aromatic carbocycles. The number of fused-ring (bicyclic) bond motifs is 1. The largest absolute Gasteiger partial charge is 0.496 e. The molecule has 1 heterocycles. The highest BCUT2D eigenvalue weighted by Gasteiger charge is 2.11. The van der Waals surface area contributed by atoms with Gasteiger partial charge in [-0.1, -0.05) is 6.92 Å². The maximum absolute atomic E-state index is 5.44. The molecular weight excluding hydrogens is 248 g/mol. The first kappa shape index (κ1) is 14.9. The minimum absolute atomic E-state index is 0.599. The van der Waals surface area contributed by atoms with Crippen molar-refractivity contribution in [2.75, 3.05) is 20.2 Å². The molecule has 0 atom stereocenters. The number of aromatic nitrogens is 1. The van der Waals surface area contributed by atoms with Crippen molar-refractivity contribution < 1.29 is 4.74 Å². The van der Waals surface area contributed by atoms with Gasteiger partial charge in [0.15, 0.2) is 0 Å². The van der Waals surface area contributed by atoms with Gasteiger partial charge < -0.3 is 14.6 Å². The van der Waals surface area contributed by atoms with Crippen LogP contribution in [0.15, 0.2) is 18.3 Å². The second kappa shape index (κ2) is 6.31. The maximum Gasteiger partial charge on any atom is 0.122 e. The van der Waals surface area contributed by atoms with E-state index < -0.39 is 0 Å². The zero-order chi connectivity index (χ0) is 14.7. The molecule has 0 saturated heterocycles. The molecule has 0 aliphatic heterocycles. The predicted molar refractivity (Wildman–Crippen MR) is 85.7 cm³/mol. The van der Waals surface area contributed by atoms with Gasteiger partial charge in [-0.25, -0.2) is 0 Å². The highest BCUT2D eigenvalue weighted by atomic mass is 16.5. The first-order valence-corrected chi connectivity index (χ1v) is 7.45. The van der Waals surface area contributed by atoms with E-state index in [2.05, 4.69) is 55.9 Å². The van der Waals surface area contributed by atoms with E-state index in [4.69, 9.17) is 4.74 Å². The van der Waals surface area contributed by atoms with Crippen LogP contribution in [0.1, 0.15) is 31.9 Å². The van der Waals surface area contributed by atoms with Crippen molar-refractivity contribution in [1.29, 1.82) is 0 Å². The van der Waals surface area contributed by atoms with Crippen molar-refractivity contribution in [2.45, 2.75) is 40.2 Å². The lowest BCUT2D eigenvalue weighted by molar-refractivity contribution is 0.237. The van der Waals surface area contributed by atoms with Crippen molar-refractivity contribution in [3.05, 3.63) is 29.5 Å². The molecule has 0 saturated carbocycles. The van der Waals surface area contributed by atoms with Crippen LogP contribution in [-0.4, -0.2) is 36.1 Å². The van der Waals surface area contributed by atoms with Gasteiger partial charge in [0.2, 0.25) is 0 Å². The van der Waals surface area contributed by atoms with Gasteiger partial charge in [-0.3, -0.25) is 0 Å². The summed E-state index contributed by atoms with van der Waals surface area (Å²) in [6.07, 6.45) is 3.20. The van der Waals surface area contributed by atoms with E-state index in [1.807, 2.05) is 0 Å². The van der Waals surface area contributed by atoms with Crippen LogP contribution in [0.2, 0.25) is 0 Å². The summed E-state index contributed by atoms with van der Waals surface area (Å²) in [5, 5.41) is 1.28. The fourth-order valence-corrected chi connectivity index (χ4v) is 2.79. The first-order valence-electron chi connectivity index (χ1n) is 7.45. The summed E-state index contributed by atoms with van der Waals surface area (Å²) in [6.45, 7) is 11.0. The number of likely N-dealkylation sites (N-methyl/N-ethyl adjacent to an activating group) is 1. The number of nitrogens with zero attached hydrogens (tertiary/aromatic N) is 1. The Balaban J connectivity index is 2.22. The summed E-state index contributed by atoms with van der Waals surface area (Å²) in [7, 11) is 1.73. The number of methoxy groups -OCH3 is 1. The maximum atomic E-state index is 5.44. The zero-order valence-electron chi connectivity index (χ0n) is 13.3. The average molecular weight is 274 g/mol. The Bertz CT molecular complexity index is 572. The van der Waals surface area contributed by atoms with Gasteiger partial charge >= 0.3 is 0 Å². The molecule has 0 radical (unpaired) electrons. The van der Waals surface area contributed by atoms with Crippen LogP contribution in [0.5, 0.6) is 5.75 Å². The van der Waals surface area contributed by atoms with Crippen molar-refractivity contribution in [3.8, 4) is 5.75 Å². The summed E-state index contributed by atoms with van der Waals surface area (Å²) in [4.78, 5) is 5.87. The molecule has 110 valence electrons. The second-order valence-corrected chi connectivity index (χ2v) is 5.65. The third kappa shape index (κ3) is 2.98. The Morgan fingerprint density at radius 2 is 2.05 bits per heavy atom. The Kier molecular flexibility index (Phi) is 4.71. The molecule has 0 fully saturated rings. The van der Waals surface area contributed by atoms with Gasteiger partial charge in [-0.2, -0.15) is 0 Å². The van der Waals surface area contributed by atoms with Crippen LogP contribution in [0.4, 0.5) is 0 Å². The van der Waals surface area contributed by atoms with Crippen LogP contribution in [-0.2, 0) is 6.42 Å². The number of aromatic amines is 1. The first-order chi connectivity index (χ1) is 9.56. The van der Waals surface area contributed by atoms with Crippen molar-refractivity contribution >= 4 is 10.9 Å². The van der Waals surface area contributed by atoms with E-state index in [1.165, 1.54) is 22.0 Å². The summed E-state index contributed by atoms with van der Waals surface area (Å²) in [5.41, 5.74) is 3.74. The highest BCUT2D eigenvalue weighted by Crippen LogP contribution is 2.27. The number of rotatable bonds is 6. The Morgan fingerprint density at radius 1 is 1.30 bits per heavy atom. The van der Waals surface area contributed by atoms with Gasteiger partial charge in [0.25, 0.3) is 0 Å². The fraction of sp³-hybridized carbons (Fsp3) is 0.529. The Hall–Kier alpha value is -1.48. The molecule has 3 heteroatoms. The van der Waals surface area contributed by atoms with Crippen LogP contribution < -0.4 is 4.74 Å². The molecule has 3 nitrogen and oxygen atoms in total. The van der Waals surface area contributed by atoms with Crippen LogP contribution in [0, 0.1) is 6.92 Å². The number of aryl methyl sites for hydroxylation is 1. The van der Waals surface area contributed by atoms with Gasteiger partial charge in [-0.05, 0) is 57.0 Å². The number of hydrogen-bond acceptors (Lipinski definition) is 2. The minimum Gasteiger partial charge on any atom is -0.496 e. The summed E-state index contributed by atoms with van der Waals surface area (Å²) >= 11 is 0. The van der Waals surface area contributed by atoms with Gasteiger partial charge in [0, 0.05) is 29.7 Å². The molecule has 0 unspecified atom stereocenters. The van der Waals surface area contributed by atoms with Crippen LogP contribution >= 0.6 is 0 Å². The SMILES string of the molecule is CCN(CCc1c[nH]c2cc(C)c(OC)cc12)C(C)C. The van der Waals surface area contributed by atoms with E-state index in [0.717, 1.165) is 25.3 Å². The number of nitrogens with one attached hydrogen (secondary N) is 1. The normalized spacial score (nSPS) is 11.8. The molecule has 2 rings (SSSR count). The smallest absolute Gasteiger partial charge is 0.122 e. The van der Waals surface area contributed by atoms with E-state index in [0.29, 0.717) is 6.04 Å². The average Bonchev–Trinajstić information content (AvgIpc) is 2.80. The molecule has 0 aliphatic rings. The lowest BCUT2D eigenvalue weighted by Crippen LogP contribution is -2.32. The second-order valence-electron chi connectivity index (χ2n) is 5.65. The quantitative estimate of drug-likeness (QED) is 0.868. The number of H-pyrrole nitrogens is 1. The summed E-state index contributed by atoms with van der Waals surface area (Å²) in [5.74, 6) is 0.967. The number of hydrogen-bond donors (Lipinski definition) is 1. The molecular formula is C17H26N2O. The van der Waals surface area contributed by atoms with Crippen LogP contribution in [0.25, 0.3) is 10.9 Å². The molecule has 0 spiro atoms. The molecule has 1 aromatic heterocycles. The number of ether oxygens (including phenoxy) is 1. The predicted octanol–water partition coefficient (Wildman–Crippen LogP) is 3.76. The van der Waals surface area contributed by atoms with Crippen molar-refractivity contribution in [2.24, 2.45) is 0 Å². The summed E-state index contributed by atoms with van der Waals surface area (Å²) in [6, 6.07) is 4.92. The fourth-order valence-electron chi connectivity index (χ4n) is 2.79. The lowest BCUT2D eigenvalue weighted by Gasteiger charge is -2.24. The third-order valence-corrected chi connectivity index (χ3v) is 4.09. The lowest BCUT2D eigenvalue weighted by atomic mass is 10.1. The standard InChI is InChI=1S/C17H26N2O/c1-6-19(12(2)3)8-7-14-11-18-16-9-13(4)17(20-5)10-15(14)16/h9-12,18H,6-8H2,1-5H3. The molecule has 0 bridgehead atoms. The molecule has 20 heavy (non-hydrogen) atoms. The van der Waals surface area contributed by atoms with Gasteiger partial charge in [-0.15, -0.1) is 0 Å². The van der Waals surface area contributed by atoms with Gasteiger partial charge in [0.1, 0.15) is 5.75 Å². The van der Waals surface area contributed by atoms with Crippen molar-refractivity contribution in [3.63, 3.8) is 0 Å². The highest BCUT2D eigenvalue weighted by molar-refractivity contribution is 5.85. The Morgan fingerprint density at radius 3 is 2.65 bits per heavy atom. The third-order valence-electron chi connectivity index (χ3n) is 4.09. The van der Waals surface area contributed by atoms with Crippen molar-refractivity contribution in [1.82, 2.24) is 9.88 Å². The topological polar surface area (TPSA) is 28.3 Å². The molecule has 0 amide bonds. The molecule has 1 N–H and O–H groups in total. The molecule has 0 aliphatic carbocycles. The van der Waals surface area contributed by atoms with E-state index >= 15 is 0 Å². The monoisotopic (exact) mass is 274 g/mol. The Labute approximate surface area is 121 Å². The van der Waals surface area contributed by atoms with Gasteiger partial charge in [0.05, 0.1) is 7.11 Å². The summed E-state index contributed by atoms with van der Waals surface area (Å²) < 4.78 is 5.44. The molecule has 2 aromatic rings.